The maximum Gasteiger partial charge on any atom is 0.269 e. The monoisotopic (exact) mass is 516 g/mol. The first-order valence-corrected chi connectivity index (χ1v) is 12.6. The van der Waals surface area contributed by atoms with E-state index in [1.165, 1.54) is 23.5 Å². The third-order valence-corrected chi connectivity index (χ3v) is 7.53. The summed E-state index contributed by atoms with van der Waals surface area (Å²) in [4.78, 5) is 25.7. The van der Waals surface area contributed by atoms with Crippen molar-refractivity contribution in [1.82, 2.24) is 15.0 Å². The Hall–Kier alpha value is -4.35. The molecular formula is C25H20N6O3S2. The Morgan fingerprint density at radius 2 is 1.92 bits per heavy atom. The Bertz CT molecular complexity index is 1520. The maximum absolute atomic E-state index is 12.9. The molecule has 0 aliphatic carbocycles. The smallest absolute Gasteiger partial charge is 0.269 e. The van der Waals surface area contributed by atoms with Crippen molar-refractivity contribution in [2.45, 2.75) is 13.0 Å². The van der Waals surface area contributed by atoms with Crippen LogP contribution < -0.4 is 11.1 Å². The number of nitro benzene ring substituents is 1. The number of nitro groups is 1. The number of amides is 1. The molecule has 36 heavy (non-hydrogen) atoms. The lowest BCUT2D eigenvalue weighted by atomic mass is 10.1. The summed E-state index contributed by atoms with van der Waals surface area (Å²) >= 11 is 2.94. The SMILES string of the molecule is Nc1ccc(-c2cccs2)cc1NC(=O)c1ccc(-c2cn(CCc3ccc([N+](=O)[O-])cc3)nn2)s1. The number of aryl methyl sites for hydroxylation is 2. The highest BCUT2D eigenvalue weighted by Gasteiger charge is 2.15. The number of carbonyl (C=O) groups is 1. The Kier molecular flexibility index (Phi) is 6.56. The zero-order valence-electron chi connectivity index (χ0n) is 18.8. The van der Waals surface area contributed by atoms with Crippen LogP contribution in [0.1, 0.15) is 15.2 Å². The number of hydrogen-bond acceptors (Lipinski definition) is 8. The fourth-order valence-corrected chi connectivity index (χ4v) is 5.17. The molecule has 0 bridgehead atoms. The molecule has 3 N–H and O–H groups in total. The molecule has 3 heterocycles. The van der Waals surface area contributed by atoms with Gasteiger partial charge < -0.3 is 11.1 Å². The van der Waals surface area contributed by atoms with Crippen molar-refractivity contribution in [3.63, 3.8) is 0 Å². The number of thiophene rings is 2. The Labute approximate surface area is 214 Å². The third-order valence-electron chi connectivity index (χ3n) is 5.50. The normalized spacial score (nSPS) is 10.9. The van der Waals surface area contributed by atoms with Crippen LogP contribution in [0.15, 0.2) is 78.3 Å². The van der Waals surface area contributed by atoms with Gasteiger partial charge >= 0.3 is 0 Å². The van der Waals surface area contributed by atoms with Gasteiger partial charge in [0, 0.05) is 23.6 Å². The molecule has 5 aromatic rings. The average molecular weight is 517 g/mol. The lowest BCUT2D eigenvalue weighted by Crippen LogP contribution is -2.11. The highest BCUT2D eigenvalue weighted by molar-refractivity contribution is 7.17. The predicted octanol–water partition coefficient (Wildman–Crippen LogP) is 5.72. The summed E-state index contributed by atoms with van der Waals surface area (Å²) in [6, 6.07) is 19.7. The quantitative estimate of drug-likeness (QED) is 0.154. The van der Waals surface area contributed by atoms with Crippen LogP contribution in [0.4, 0.5) is 17.1 Å². The van der Waals surface area contributed by atoms with Crippen LogP contribution in [0.3, 0.4) is 0 Å². The number of anilines is 2. The van der Waals surface area contributed by atoms with Crippen LogP contribution in [-0.4, -0.2) is 25.8 Å². The largest absolute Gasteiger partial charge is 0.397 e. The summed E-state index contributed by atoms with van der Waals surface area (Å²) in [5.41, 5.74) is 9.86. The third kappa shape index (κ3) is 5.16. The summed E-state index contributed by atoms with van der Waals surface area (Å²) in [7, 11) is 0. The number of nitrogen functional groups attached to an aromatic ring is 1. The molecular weight excluding hydrogens is 496 g/mol. The lowest BCUT2D eigenvalue weighted by molar-refractivity contribution is -0.384. The Morgan fingerprint density at radius 3 is 2.67 bits per heavy atom. The number of nitrogens with one attached hydrogen (secondary N) is 1. The number of nitrogens with zero attached hydrogens (tertiary/aromatic N) is 4. The first-order valence-electron chi connectivity index (χ1n) is 10.9. The fourth-order valence-electron chi connectivity index (χ4n) is 3.59. The molecule has 180 valence electrons. The second-order valence-corrected chi connectivity index (χ2v) is 9.97. The van der Waals surface area contributed by atoms with Crippen molar-refractivity contribution < 1.29 is 9.72 Å². The van der Waals surface area contributed by atoms with Gasteiger partial charge in [-0.15, -0.1) is 27.8 Å². The van der Waals surface area contributed by atoms with Crippen molar-refractivity contribution in [1.29, 1.82) is 0 Å². The number of hydrogen-bond donors (Lipinski definition) is 2. The summed E-state index contributed by atoms with van der Waals surface area (Å²) in [5, 5.41) is 24.1. The lowest BCUT2D eigenvalue weighted by Gasteiger charge is -2.09. The number of carbonyl (C=O) groups excluding carboxylic acids is 1. The van der Waals surface area contributed by atoms with Gasteiger partial charge in [0.25, 0.3) is 11.6 Å². The van der Waals surface area contributed by atoms with E-state index in [0.29, 0.717) is 34.9 Å². The minimum absolute atomic E-state index is 0.0669. The van der Waals surface area contributed by atoms with Crippen LogP contribution in [0.25, 0.3) is 21.0 Å². The van der Waals surface area contributed by atoms with Gasteiger partial charge in [0.1, 0.15) is 5.69 Å². The Morgan fingerprint density at radius 1 is 1.08 bits per heavy atom. The number of nitrogens with two attached hydrogens (primary N) is 1. The summed E-state index contributed by atoms with van der Waals surface area (Å²) in [6.45, 7) is 0.573. The predicted molar refractivity (Wildman–Crippen MR) is 142 cm³/mol. The van der Waals surface area contributed by atoms with Gasteiger partial charge in [-0.05, 0) is 53.3 Å². The summed E-state index contributed by atoms with van der Waals surface area (Å²) in [5.74, 6) is -0.244. The highest BCUT2D eigenvalue weighted by Crippen LogP contribution is 2.32. The van der Waals surface area contributed by atoms with E-state index < -0.39 is 4.92 Å². The molecule has 0 unspecified atom stereocenters. The van der Waals surface area contributed by atoms with Crippen molar-refractivity contribution >= 4 is 45.6 Å². The van der Waals surface area contributed by atoms with Gasteiger partial charge in [0.05, 0.1) is 32.2 Å². The molecule has 0 aliphatic rings. The van der Waals surface area contributed by atoms with Gasteiger partial charge in [0.15, 0.2) is 0 Å². The van der Waals surface area contributed by atoms with Crippen LogP contribution >= 0.6 is 22.7 Å². The first kappa shape index (κ1) is 23.4. The molecule has 5 rings (SSSR count). The molecule has 0 saturated heterocycles. The first-order chi connectivity index (χ1) is 17.5. The molecule has 2 aromatic carbocycles. The van der Waals surface area contributed by atoms with E-state index in [-0.39, 0.29) is 11.6 Å². The van der Waals surface area contributed by atoms with Gasteiger partial charge in [0.2, 0.25) is 0 Å². The Balaban J connectivity index is 1.24. The van der Waals surface area contributed by atoms with Gasteiger partial charge in [-0.2, -0.15) is 0 Å². The molecule has 0 radical (unpaired) electrons. The topological polar surface area (TPSA) is 129 Å². The van der Waals surface area contributed by atoms with Gasteiger partial charge in [-0.1, -0.05) is 29.5 Å². The maximum atomic E-state index is 12.9. The highest BCUT2D eigenvalue weighted by atomic mass is 32.1. The van der Waals surface area contributed by atoms with E-state index in [1.54, 1.807) is 40.3 Å². The minimum Gasteiger partial charge on any atom is -0.397 e. The van der Waals surface area contributed by atoms with Crippen LogP contribution in [0, 0.1) is 10.1 Å². The molecule has 0 aliphatic heterocycles. The zero-order valence-corrected chi connectivity index (χ0v) is 20.5. The summed E-state index contributed by atoms with van der Waals surface area (Å²) < 4.78 is 1.72. The second kappa shape index (κ2) is 10.1. The van der Waals surface area contributed by atoms with Crippen LogP contribution in [0.5, 0.6) is 0 Å². The van der Waals surface area contributed by atoms with E-state index in [4.69, 9.17) is 5.73 Å². The van der Waals surface area contributed by atoms with E-state index in [9.17, 15) is 14.9 Å². The van der Waals surface area contributed by atoms with Crippen molar-refractivity contribution in [3.8, 4) is 21.0 Å². The van der Waals surface area contributed by atoms with Crippen molar-refractivity contribution in [3.05, 3.63) is 98.9 Å². The molecule has 0 fully saturated rings. The number of non-ortho nitro benzene ring substituents is 1. The van der Waals surface area contributed by atoms with Crippen molar-refractivity contribution in [2.75, 3.05) is 11.1 Å². The molecule has 0 spiro atoms. The number of benzene rings is 2. The van der Waals surface area contributed by atoms with Crippen LogP contribution in [-0.2, 0) is 13.0 Å². The number of rotatable bonds is 8. The zero-order chi connectivity index (χ0) is 25.1. The standard InChI is InChI=1S/C25H20N6O3S2/c26-19-8-5-17(22-2-1-13-35-22)14-20(19)27-25(32)24-10-9-23(36-24)21-15-30(29-28-21)12-11-16-3-6-18(7-4-16)31(33)34/h1-10,13-15H,11-12,26H2,(H,27,32). The van der Waals surface area contributed by atoms with E-state index in [1.807, 2.05) is 41.9 Å². The molecule has 9 nitrogen and oxygen atoms in total. The average Bonchev–Trinajstić information content (AvgIpc) is 3.66. The molecule has 0 atom stereocenters. The second-order valence-electron chi connectivity index (χ2n) is 7.94. The fraction of sp³-hybridized carbons (Fsp3) is 0.0800. The molecule has 0 saturated carbocycles. The van der Waals surface area contributed by atoms with E-state index >= 15 is 0 Å². The van der Waals surface area contributed by atoms with E-state index in [2.05, 4.69) is 15.6 Å². The van der Waals surface area contributed by atoms with Gasteiger partial charge in [-0.3, -0.25) is 19.6 Å². The molecule has 3 aromatic heterocycles. The van der Waals surface area contributed by atoms with Gasteiger partial charge in [-0.25, -0.2) is 0 Å². The van der Waals surface area contributed by atoms with Crippen molar-refractivity contribution in [2.24, 2.45) is 0 Å². The van der Waals surface area contributed by atoms with Crippen LogP contribution in [0.2, 0.25) is 0 Å². The summed E-state index contributed by atoms with van der Waals surface area (Å²) in [6.07, 6.45) is 2.48. The van der Waals surface area contributed by atoms with E-state index in [0.717, 1.165) is 20.9 Å². The minimum atomic E-state index is -0.416. The molecule has 1 amide bonds. The molecule has 11 heteroatoms. The number of aromatic nitrogens is 3.